The molecule has 5 heteroatoms. The smallest absolute Gasteiger partial charge is 0.220 e. The standard InChI is InChI=1S/C35H56N2O3/c1-12-15-31(5,6)17-19-33(9,37-29(39)13-2)20-18-32(7,8)35(11)16-14-27-25(4)30(40)26(23-36)22-34(27,10)28(35)21-24(3)38/h21-22,25,27H,12-20H2,1-11H3,(H,37,39)/b28-21-/t25-,27-,33-,34-,35+/m0/s1. The maximum Gasteiger partial charge on any atom is 0.220 e. The maximum atomic E-state index is 12.9. The lowest BCUT2D eigenvalue weighted by atomic mass is 9.44. The van der Waals surface area contributed by atoms with Crippen LogP contribution in [0.25, 0.3) is 0 Å². The van der Waals surface area contributed by atoms with Crippen LogP contribution in [-0.4, -0.2) is 23.0 Å². The molecule has 1 saturated carbocycles. The van der Waals surface area contributed by atoms with Gasteiger partial charge in [0.05, 0.1) is 5.57 Å². The SMILES string of the molecule is CCCC(C)(C)CC[C@@](C)(CCC(C)(C)[C@]1(C)CC[C@H]2[C@H](C)C(=O)C(C#N)=C[C@]2(C)/C1=C/C(C)=O)NC(=O)CC. The van der Waals surface area contributed by atoms with Crippen molar-refractivity contribution in [1.82, 2.24) is 5.32 Å². The van der Waals surface area contributed by atoms with Crippen molar-refractivity contribution in [2.45, 2.75) is 139 Å². The predicted octanol–water partition coefficient (Wildman–Crippen LogP) is 8.29. The highest BCUT2D eigenvalue weighted by Crippen LogP contribution is 2.65. The second-order valence-electron chi connectivity index (χ2n) is 15.0. The van der Waals surface area contributed by atoms with E-state index in [4.69, 9.17) is 0 Å². The summed E-state index contributed by atoms with van der Waals surface area (Å²) in [6.07, 6.45) is 11.8. The van der Waals surface area contributed by atoms with Crippen LogP contribution in [0.1, 0.15) is 134 Å². The van der Waals surface area contributed by atoms with Gasteiger partial charge >= 0.3 is 0 Å². The summed E-state index contributed by atoms with van der Waals surface area (Å²) < 4.78 is 0. The molecular weight excluding hydrogens is 496 g/mol. The summed E-state index contributed by atoms with van der Waals surface area (Å²) in [7, 11) is 0. The predicted molar refractivity (Wildman–Crippen MR) is 163 cm³/mol. The van der Waals surface area contributed by atoms with Crippen molar-refractivity contribution in [3.05, 3.63) is 23.3 Å². The van der Waals surface area contributed by atoms with E-state index < -0.39 is 5.41 Å². The number of carbonyl (C=O) groups is 3. The Labute approximate surface area is 244 Å². The van der Waals surface area contributed by atoms with Crippen LogP contribution in [0, 0.1) is 44.8 Å². The van der Waals surface area contributed by atoms with Gasteiger partial charge in [-0.2, -0.15) is 5.26 Å². The summed E-state index contributed by atoms with van der Waals surface area (Å²) >= 11 is 0. The molecule has 0 aromatic heterocycles. The minimum atomic E-state index is -0.543. The molecule has 0 aliphatic heterocycles. The second kappa shape index (κ2) is 12.3. The van der Waals surface area contributed by atoms with Crippen LogP contribution in [0.2, 0.25) is 0 Å². The third kappa shape index (κ3) is 6.97. The molecule has 2 aliphatic rings. The third-order valence-electron chi connectivity index (χ3n) is 10.9. The third-order valence-corrected chi connectivity index (χ3v) is 10.9. The van der Waals surface area contributed by atoms with Gasteiger partial charge in [-0.05, 0) is 87.0 Å². The second-order valence-corrected chi connectivity index (χ2v) is 15.0. The average Bonchev–Trinajstić information content (AvgIpc) is 2.86. The Hall–Kier alpha value is -2.22. The van der Waals surface area contributed by atoms with Crippen LogP contribution in [0.3, 0.4) is 0 Å². The lowest BCUT2D eigenvalue weighted by molar-refractivity contribution is -0.124. The molecule has 2 rings (SSSR count). The molecule has 0 heterocycles. The molecule has 5 nitrogen and oxygen atoms in total. The largest absolute Gasteiger partial charge is 0.351 e. The van der Waals surface area contributed by atoms with E-state index in [9.17, 15) is 19.6 Å². The molecule has 0 aromatic rings. The van der Waals surface area contributed by atoms with Gasteiger partial charge in [-0.3, -0.25) is 14.4 Å². The molecule has 0 bridgehead atoms. The van der Waals surface area contributed by atoms with Crippen molar-refractivity contribution in [3.63, 3.8) is 0 Å². The van der Waals surface area contributed by atoms with Crippen LogP contribution in [-0.2, 0) is 14.4 Å². The van der Waals surface area contributed by atoms with E-state index in [0.717, 1.165) is 56.9 Å². The van der Waals surface area contributed by atoms with Crippen molar-refractivity contribution in [3.8, 4) is 6.07 Å². The van der Waals surface area contributed by atoms with E-state index in [1.165, 1.54) is 0 Å². The number of fused-ring (bicyclic) bond motifs is 1. The zero-order chi connectivity index (χ0) is 30.7. The number of Topliss-reactive ketones (excluding diaryl/α,β-unsaturated/α-hetero) is 1. The first-order chi connectivity index (χ1) is 18.3. The summed E-state index contributed by atoms with van der Waals surface area (Å²) in [6.45, 7) is 23.5. The van der Waals surface area contributed by atoms with Crippen molar-refractivity contribution in [2.24, 2.45) is 33.5 Å². The van der Waals surface area contributed by atoms with Gasteiger partial charge in [-0.15, -0.1) is 0 Å². The lowest BCUT2D eigenvalue weighted by Gasteiger charge is -2.59. The Bertz CT molecular complexity index is 1090. The van der Waals surface area contributed by atoms with Crippen molar-refractivity contribution >= 4 is 17.5 Å². The minimum absolute atomic E-state index is 0.00596. The summed E-state index contributed by atoms with van der Waals surface area (Å²) in [5.74, 6) is -0.204. The van der Waals surface area contributed by atoms with Gasteiger partial charge in [0.15, 0.2) is 11.6 Å². The molecule has 1 fully saturated rings. The molecular formula is C35H56N2O3. The fraction of sp³-hybridized carbons (Fsp3) is 0.771. The minimum Gasteiger partial charge on any atom is -0.351 e. The highest BCUT2D eigenvalue weighted by molar-refractivity contribution is 6.02. The van der Waals surface area contributed by atoms with Gasteiger partial charge in [-0.25, -0.2) is 0 Å². The average molecular weight is 553 g/mol. The first-order valence-corrected chi connectivity index (χ1v) is 15.5. The number of rotatable bonds is 12. The van der Waals surface area contributed by atoms with E-state index in [-0.39, 0.29) is 56.7 Å². The van der Waals surface area contributed by atoms with Crippen molar-refractivity contribution < 1.29 is 14.4 Å². The zero-order valence-corrected chi connectivity index (χ0v) is 27.3. The van der Waals surface area contributed by atoms with Crippen LogP contribution in [0.5, 0.6) is 0 Å². The van der Waals surface area contributed by atoms with E-state index in [1.54, 1.807) is 13.0 Å². The fourth-order valence-corrected chi connectivity index (χ4v) is 7.69. The number of ketones is 2. The fourth-order valence-electron chi connectivity index (χ4n) is 7.69. The number of amides is 1. The Morgan fingerprint density at radius 1 is 1.07 bits per heavy atom. The first-order valence-electron chi connectivity index (χ1n) is 15.5. The number of hydrogen-bond donors (Lipinski definition) is 1. The lowest BCUT2D eigenvalue weighted by Crippen LogP contribution is -2.53. The van der Waals surface area contributed by atoms with Crippen molar-refractivity contribution in [2.75, 3.05) is 0 Å². The number of allylic oxidation sites excluding steroid dienone is 4. The highest BCUT2D eigenvalue weighted by atomic mass is 16.2. The molecule has 40 heavy (non-hydrogen) atoms. The summed E-state index contributed by atoms with van der Waals surface area (Å²) in [5.41, 5.74) is 0.0909. The van der Waals surface area contributed by atoms with E-state index >= 15 is 0 Å². The Morgan fingerprint density at radius 3 is 2.20 bits per heavy atom. The van der Waals surface area contributed by atoms with Gasteiger partial charge < -0.3 is 5.32 Å². The summed E-state index contributed by atoms with van der Waals surface area (Å²) in [6, 6.07) is 2.15. The molecule has 1 N–H and O–H groups in total. The Morgan fingerprint density at radius 2 is 1.68 bits per heavy atom. The van der Waals surface area contributed by atoms with Crippen molar-refractivity contribution in [1.29, 1.82) is 5.26 Å². The Kier molecular flexibility index (Phi) is 10.5. The monoisotopic (exact) mass is 552 g/mol. The van der Waals surface area contributed by atoms with Gasteiger partial charge in [-0.1, -0.05) is 80.4 Å². The van der Waals surface area contributed by atoms with Crippen LogP contribution in [0.4, 0.5) is 0 Å². The van der Waals surface area contributed by atoms with E-state index in [1.807, 2.05) is 19.9 Å². The molecule has 0 spiro atoms. The number of nitrogens with one attached hydrogen (secondary N) is 1. The molecule has 0 aromatic carbocycles. The van der Waals surface area contributed by atoms with E-state index in [2.05, 4.69) is 66.8 Å². The molecule has 0 radical (unpaired) electrons. The van der Waals surface area contributed by atoms with Crippen LogP contribution < -0.4 is 5.32 Å². The number of nitriles is 1. The highest BCUT2D eigenvalue weighted by Gasteiger charge is 2.58. The van der Waals surface area contributed by atoms with Gasteiger partial charge in [0.25, 0.3) is 0 Å². The molecule has 0 saturated heterocycles. The number of carbonyl (C=O) groups excluding carboxylic acids is 3. The zero-order valence-electron chi connectivity index (χ0n) is 27.3. The van der Waals surface area contributed by atoms with Gasteiger partial charge in [0, 0.05) is 23.3 Å². The summed E-state index contributed by atoms with van der Waals surface area (Å²) in [4.78, 5) is 38.2. The van der Waals surface area contributed by atoms with Gasteiger partial charge in [0.2, 0.25) is 5.91 Å². The quantitative estimate of drug-likeness (QED) is 0.247. The molecule has 224 valence electrons. The Balaban J connectivity index is 2.49. The number of hydrogen-bond acceptors (Lipinski definition) is 4. The van der Waals surface area contributed by atoms with E-state index in [0.29, 0.717) is 6.42 Å². The van der Waals surface area contributed by atoms with Crippen LogP contribution in [0.15, 0.2) is 23.3 Å². The topological polar surface area (TPSA) is 87.0 Å². The molecule has 0 unspecified atom stereocenters. The molecule has 5 atom stereocenters. The normalized spacial score (nSPS) is 29.7. The maximum absolute atomic E-state index is 12.9. The van der Waals surface area contributed by atoms with Crippen LogP contribution >= 0.6 is 0 Å². The molecule has 1 amide bonds. The van der Waals surface area contributed by atoms with Gasteiger partial charge in [0.1, 0.15) is 6.07 Å². The number of nitrogens with zero attached hydrogens (tertiary/aromatic N) is 1. The molecule has 2 aliphatic carbocycles. The summed E-state index contributed by atoms with van der Waals surface area (Å²) in [5, 5.41) is 13.2. The first kappa shape index (κ1) is 34.0.